The van der Waals surface area contributed by atoms with E-state index >= 15 is 0 Å². The molecule has 0 amide bonds. The van der Waals surface area contributed by atoms with Crippen molar-refractivity contribution in [1.82, 2.24) is 10.3 Å². The van der Waals surface area contributed by atoms with E-state index < -0.39 is 0 Å². The van der Waals surface area contributed by atoms with Crippen molar-refractivity contribution in [3.8, 4) is 0 Å². The van der Waals surface area contributed by atoms with Crippen LogP contribution in [0.5, 0.6) is 0 Å². The van der Waals surface area contributed by atoms with Crippen molar-refractivity contribution in [3.05, 3.63) is 23.4 Å². The second-order valence-electron chi connectivity index (χ2n) is 6.91. The maximum atomic E-state index is 5.98. The molecule has 0 spiro atoms. The molecule has 21 heavy (non-hydrogen) atoms. The maximum Gasteiger partial charge on any atom is 0.132 e. The fraction of sp³-hybridized carbons (Fsp3) is 0.706. The monoisotopic (exact) mass is 287 g/mol. The number of piperazine rings is 1. The van der Waals surface area contributed by atoms with Crippen molar-refractivity contribution in [2.24, 2.45) is 5.92 Å². The van der Waals surface area contributed by atoms with Gasteiger partial charge >= 0.3 is 0 Å². The van der Waals surface area contributed by atoms with Crippen LogP contribution in [-0.2, 0) is 11.2 Å². The fourth-order valence-corrected chi connectivity index (χ4v) is 3.57. The zero-order valence-corrected chi connectivity index (χ0v) is 13.0. The summed E-state index contributed by atoms with van der Waals surface area (Å²) >= 11 is 0. The molecule has 1 saturated carbocycles. The van der Waals surface area contributed by atoms with Crippen molar-refractivity contribution in [3.63, 3.8) is 0 Å². The van der Waals surface area contributed by atoms with E-state index in [4.69, 9.17) is 9.72 Å². The standard InChI is InChI=1S/C17H25N3O/c1-11-8-18-9-15-7-14-5-6-16(19-17(14)20(11)15)12(2)21-10-13-3-4-13/h5-6,11-13,15,18H,3-4,7-10H2,1-2H3/t11-,12+,15-/m1/s1. The Morgan fingerprint density at radius 1 is 1.38 bits per heavy atom. The van der Waals surface area contributed by atoms with Crippen molar-refractivity contribution in [2.45, 2.75) is 51.3 Å². The summed E-state index contributed by atoms with van der Waals surface area (Å²) in [6.07, 6.45) is 3.90. The third-order valence-electron chi connectivity index (χ3n) is 5.06. The van der Waals surface area contributed by atoms with E-state index in [9.17, 15) is 0 Å². The number of hydrogen-bond acceptors (Lipinski definition) is 4. The summed E-state index contributed by atoms with van der Waals surface area (Å²) in [5.41, 5.74) is 2.48. The molecule has 1 N–H and O–H groups in total. The molecule has 1 aromatic rings. The predicted octanol–water partition coefficient (Wildman–Crippen LogP) is 2.29. The molecule has 3 atom stereocenters. The summed E-state index contributed by atoms with van der Waals surface area (Å²) in [5.74, 6) is 2.01. The molecular formula is C17H25N3O. The molecule has 4 nitrogen and oxygen atoms in total. The molecular weight excluding hydrogens is 262 g/mol. The van der Waals surface area contributed by atoms with Crippen molar-refractivity contribution < 1.29 is 4.74 Å². The SMILES string of the molecule is C[C@H](OCC1CC1)c1ccc2c(n1)N1[C@@H](CNC[C@H]1C)C2. The number of hydrogen-bond donors (Lipinski definition) is 1. The first-order chi connectivity index (χ1) is 10.2. The van der Waals surface area contributed by atoms with E-state index in [1.807, 2.05) is 0 Å². The Balaban J connectivity index is 1.54. The first-order valence-electron chi connectivity index (χ1n) is 8.33. The van der Waals surface area contributed by atoms with Crippen LogP contribution >= 0.6 is 0 Å². The fourth-order valence-electron chi connectivity index (χ4n) is 3.57. The van der Waals surface area contributed by atoms with Gasteiger partial charge in [-0.3, -0.25) is 0 Å². The number of rotatable bonds is 4. The summed E-state index contributed by atoms with van der Waals surface area (Å²) < 4.78 is 5.98. The van der Waals surface area contributed by atoms with E-state index in [2.05, 4.69) is 36.2 Å². The highest BCUT2D eigenvalue weighted by atomic mass is 16.5. The second kappa shape index (κ2) is 5.25. The Kier molecular flexibility index (Phi) is 3.38. The van der Waals surface area contributed by atoms with Gasteiger partial charge in [0.1, 0.15) is 5.82 Å². The van der Waals surface area contributed by atoms with Gasteiger partial charge in [-0.25, -0.2) is 4.98 Å². The third kappa shape index (κ3) is 2.55. The summed E-state index contributed by atoms with van der Waals surface area (Å²) in [7, 11) is 0. The zero-order chi connectivity index (χ0) is 14.4. The lowest BCUT2D eigenvalue weighted by Gasteiger charge is -2.37. The second-order valence-corrected chi connectivity index (χ2v) is 6.91. The van der Waals surface area contributed by atoms with Gasteiger partial charge in [-0.05, 0) is 50.7 Å². The molecule has 0 bridgehead atoms. The summed E-state index contributed by atoms with van der Waals surface area (Å²) in [5, 5.41) is 3.52. The number of fused-ring (bicyclic) bond motifs is 3. The van der Waals surface area contributed by atoms with Crippen LogP contribution in [0.1, 0.15) is 44.1 Å². The van der Waals surface area contributed by atoms with Crippen LogP contribution in [0, 0.1) is 5.92 Å². The molecule has 114 valence electrons. The molecule has 0 aromatic carbocycles. The van der Waals surface area contributed by atoms with Crippen LogP contribution in [0.15, 0.2) is 12.1 Å². The zero-order valence-electron chi connectivity index (χ0n) is 13.0. The number of aromatic nitrogens is 1. The first kappa shape index (κ1) is 13.5. The Morgan fingerprint density at radius 2 is 2.24 bits per heavy atom. The number of pyridine rings is 1. The minimum absolute atomic E-state index is 0.105. The van der Waals surface area contributed by atoms with E-state index in [0.717, 1.165) is 37.7 Å². The van der Waals surface area contributed by atoms with Gasteiger partial charge < -0.3 is 15.0 Å². The summed E-state index contributed by atoms with van der Waals surface area (Å²) in [4.78, 5) is 7.48. The average molecular weight is 287 g/mol. The van der Waals surface area contributed by atoms with E-state index in [0.29, 0.717) is 12.1 Å². The lowest BCUT2D eigenvalue weighted by Crippen LogP contribution is -2.55. The van der Waals surface area contributed by atoms with Crippen LogP contribution in [0.2, 0.25) is 0 Å². The van der Waals surface area contributed by atoms with Crippen LogP contribution in [0.4, 0.5) is 5.82 Å². The van der Waals surface area contributed by atoms with Gasteiger partial charge in [0.05, 0.1) is 18.4 Å². The lowest BCUT2D eigenvalue weighted by atomic mass is 10.1. The lowest BCUT2D eigenvalue weighted by molar-refractivity contribution is 0.0552. The van der Waals surface area contributed by atoms with Crippen LogP contribution in [-0.4, -0.2) is 36.8 Å². The van der Waals surface area contributed by atoms with Crippen molar-refractivity contribution in [1.29, 1.82) is 0 Å². The quantitative estimate of drug-likeness (QED) is 0.922. The first-order valence-corrected chi connectivity index (χ1v) is 8.33. The van der Waals surface area contributed by atoms with E-state index in [-0.39, 0.29) is 6.10 Å². The van der Waals surface area contributed by atoms with Crippen LogP contribution in [0.25, 0.3) is 0 Å². The van der Waals surface area contributed by atoms with Gasteiger partial charge in [0.25, 0.3) is 0 Å². The Hall–Kier alpha value is -1.13. The van der Waals surface area contributed by atoms with Gasteiger partial charge in [0.2, 0.25) is 0 Å². The Bertz CT molecular complexity index is 529. The number of ether oxygens (including phenoxy) is 1. The molecule has 2 aliphatic heterocycles. The molecule has 1 aliphatic carbocycles. The van der Waals surface area contributed by atoms with Crippen molar-refractivity contribution in [2.75, 3.05) is 24.6 Å². The van der Waals surface area contributed by atoms with Crippen molar-refractivity contribution >= 4 is 5.82 Å². The van der Waals surface area contributed by atoms with Crippen LogP contribution < -0.4 is 10.2 Å². The van der Waals surface area contributed by atoms with Gasteiger partial charge in [-0.2, -0.15) is 0 Å². The van der Waals surface area contributed by atoms with Gasteiger partial charge in [-0.1, -0.05) is 6.07 Å². The highest BCUT2D eigenvalue weighted by molar-refractivity contribution is 5.56. The topological polar surface area (TPSA) is 37.4 Å². The minimum Gasteiger partial charge on any atom is -0.372 e. The Labute approximate surface area is 126 Å². The normalized spacial score (nSPS) is 29.1. The van der Waals surface area contributed by atoms with E-state index in [1.54, 1.807) is 0 Å². The van der Waals surface area contributed by atoms with Gasteiger partial charge in [0, 0.05) is 25.2 Å². The maximum absolute atomic E-state index is 5.98. The number of anilines is 1. The smallest absolute Gasteiger partial charge is 0.132 e. The van der Waals surface area contributed by atoms with E-state index in [1.165, 1.54) is 24.2 Å². The highest BCUT2D eigenvalue weighted by Gasteiger charge is 2.36. The largest absolute Gasteiger partial charge is 0.372 e. The molecule has 1 aromatic heterocycles. The summed E-state index contributed by atoms with van der Waals surface area (Å²) in [6.45, 7) is 7.44. The number of nitrogens with one attached hydrogen (secondary N) is 1. The van der Waals surface area contributed by atoms with Gasteiger partial charge in [0.15, 0.2) is 0 Å². The Morgan fingerprint density at radius 3 is 3.05 bits per heavy atom. The molecule has 4 heteroatoms. The summed E-state index contributed by atoms with van der Waals surface area (Å²) in [6, 6.07) is 5.52. The predicted molar refractivity (Wildman–Crippen MR) is 83.6 cm³/mol. The molecule has 1 saturated heterocycles. The van der Waals surface area contributed by atoms with Gasteiger partial charge in [-0.15, -0.1) is 0 Å². The van der Waals surface area contributed by atoms with Crippen LogP contribution in [0.3, 0.4) is 0 Å². The minimum atomic E-state index is 0.105. The molecule has 0 unspecified atom stereocenters. The molecule has 3 heterocycles. The highest BCUT2D eigenvalue weighted by Crippen LogP contribution is 2.35. The number of nitrogens with zero attached hydrogens (tertiary/aromatic N) is 2. The third-order valence-corrected chi connectivity index (χ3v) is 5.06. The average Bonchev–Trinajstić information content (AvgIpc) is 3.23. The molecule has 2 fully saturated rings. The molecule has 3 aliphatic rings. The molecule has 0 radical (unpaired) electrons. The molecule has 4 rings (SSSR count).